The van der Waals surface area contributed by atoms with Crippen LogP contribution in [0.4, 0.5) is 5.69 Å². The molecular weight excluding hydrogens is 362 g/mol. The van der Waals surface area contributed by atoms with Crippen LogP contribution >= 0.6 is 11.3 Å². The monoisotopic (exact) mass is 381 g/mol. The second-order valence-electron chi connectivity index (χ2n) is 6.04. The summed E-state index contributed by atoms with van der Waals surface area (Å²) in [4.78, 5) is 33.5. The number of hydrogen-bond donors (Lipinski definition) is 1. The third kappa shape index (κ3) is 4.38. The number of esters is 1. The van der Waals surface area contributed by atoms with E-state index in [0.717, 1.165) is 16.8 Å². The van der Waals surface area contributed by atoms with Crippen LogP contribution in [-0.2, 0) is 9.53 Å². The molecule has 2 heterocycles. The highest BCUT2D eigenvalue weighted by Gasteiger charge is 2.19. The van der Waals surface area contributed by atoms with E-state index in [-0.39, 0.29) is 12.5 Å². The summed E-state index contributed by atoms with van der Waals surface area (Å²) in [6.45, 7) is 5.20. The highest BCUT2D eigenvalue weighted by atomic mass is 32.1. The van der Waals surface area contributed by atoms with Crippen LogP contribution < -0.4 is 5.32 Å². The SMILES string of the molecule is Cc1cccc(C)c1NC(=O)COC(=O)c1sc(-c2ccccn2)nc1C. The van der Waals surface area contributed by atoms with Crippen molar-refractivity contribution in [1.82, 2.24) is 9.97 Å². The quantitative estimate of drug-likeness (QED) is 0.677. The summed E-state index contributed by atoms with van der Waals surface area (Å²) in [7, 11) is 0. The summed E-state index contributed by atoms with van der Waals surface area (Å²) < 4.78 is 5.17. The van der Waals surface area contributed by atoms with Gasteiger partial charge >= 0.3 is 5.97 Å². The fourth-order valence-electron chi connectivity index (χ4n) is 2.57. The van der Waals surface area contributed by atoms with Gasteiger partial charge in [0.15, 0.2) is 6.61 Å². The predicted octanol–water partition coefficient (Wildman–Crippen LogP) is 3.93. The van der Waals surface area contributed by atoms with Gasteiger partial charge in [0.25, 0.3) is 5.91 Å². The Balaban J connectivity index is 1.64. The molecule has 6 nitrogen and oxygen atoms in total. The Hall–Kier alpha value is -3.06. The van der Waals surface area contributed by atoms with Gasteiger partial charge in [-0.1, -0.05) is 24.3 Å². The van der Waals surface area contributed by atoms with Gasteiger partial charge < -0.3 is 10.1 Å². The number of para-hydroxylation sites is 1. The van der Waals surface area contributed by atoms with Gasteiger partial charge in [-0.3, -0.25) is 9.78 Å². The minimum atomic E-state index is -0.566. The fraction of sp³-hybridized carbons (Fsp3) is 0.200. The number of pyridine rings is 1. The van der Waals surface area contributed by atoms with Crippen molar-refractivity contribution in [3.63, 3.8) is 0 Å². The average molecular weight is 381 g/mol. The number of hydrogen-bond acceptors (Lipinski definition) is 6. The van der Waals surface area contributed by atoms with Gasteiger partial charge in [0, 0.05) is 11.9 Å². The molecule has 0 radical (unpaired) electrons. The lowest BCUT2D eigenvalue weighted by atomic mass is 10.1. The molecule has 0 saturated heterocycles. The van der Waals surface area contributed by atoms with E-state index in [1.807, 2.05) is 50.2 Å². The van der Waals surface area contributed by atoms with E-state index < -0.39 is 5.97 Å². The molecule has 1 aromatic carbocycles. The van der Waals surface area contributed by atoms with E-state index in [4.69, 9.17) is 4.74 Å². The fourth-order valence-corrected chi connectivity index (χ4v) is 3.51. The van der Waals surface area contributed by atoms with Crippen LogP contribution in [-0.4, -0.2) is 28.5 Å². The summed E-state index contributed by atoms with van der Waals surface area (Å²) in [5.74, 6) is -0.947. The predicted molar refractivity (Wildman–Crippen MR) is 105 cm³/mol. The lowest BCUT2D eigenvalue weighted by molar-refractivity contribution is -0.119. The normalized spacial score (nSPS) is 10.5. The highest BCUT2D eigenvalue weighted by Crippen LogP contribution is 2.27. The maximum atomic E-state index is 12.3. The van der Waals surface area contributed by atoms with Crippen molar-refractivity contribution in [2.45, 2.75) is 20.8 Å². The molecule has 0 aliphatic carbocycles. The molecule has 0 unspecified atom stereocenters. The van der Waals surface area contributed by atoms with Crippen molar-refractivity contribution in [1.29, 1.82) is 0 Å². The topological polar surface area (TPSA) is 81.2 Å². The molecule has 2 aromatic heterocycles. The Kier molecular flexibility index (Phi) is 5.61. The number of amides is 1. The Bertz CT molecular complexity index is 963. The number of rotatable bonds is 5. The minimum Gasteiger partial charge on any atom is -0.451 e. The molecule has 0 aliphatic heterocycles. The lowest BCUT2D eigenvalue weighted by Gasteiger charge is -2.11. The van der Waals surface area contributed by atoms with E-state index in [1.54, 1.807) is 13.1 Å². The van der Waals surface area contributed by atoms with Crippen LogP contribution in [0.25, 0.3) is 10.7 Å². The summed E-state index contributed by atoms with van der Waals surface area (Å²) in [5, 5.41) is 3.43. The van der Waals surface area contributed by atoms with Crippen LogP contribution in [0.3, 0.4) is 0 Å². The van der Waals surface area contributed by atoms with E-state index in [2.05, 4.69) is 15.3 Å². The van der Waals surface area contributed by atoms with Crippen LogP contribution in [0.2, 0.25) is 0 Å². The first-order valence-electron chi connectivity index (χ1n) is 8.37. The number of benzene rings is 1. The van der Waals surface area contributed by atoms with Gasteiger partial charge in [-0.15, -0.1) is 11.3 Å². The average Bonchev–Trinajstić information content (AvgIpc) is 3.05. The molecule has 1 amide bonds. The van der Waals surface area contributed by atoms with Gasteiger partial charge in [-0.2, -0.15) is 0 Å². The van der Waals surface area contributed by atoms with Crippen LogP contribution in [0.5, 0.6) is 0 Å². The molecule has 0 saturated carbocycles. The molecule has 0 aliphatic rings. The van der Waals surface area contributed by atoms with Crippen LogP contribution in [0, 0.1) is 20.8 Å². The van der Waals surface area contributed by atoms with Crippen molar-refractivity contribution in [2.24, 2.45) is 0 Å². The maximum absolute atomic E-state index is 12.3. The Morgan fingerprint density at radius 3 is 2.48 bits per heavy atom. The Morgan fingerprint density at radius 1 is 1.07 bits per heavy atom. The van der Waals surface area contributed by atoms with Crippen molar-refractivity contribution in [2.75, 3.05) is 11.9 Å². The van der Waals surface area contributed by atoms with Gasteiger partial charge in [0.05, 0.1) is 11.4 Å². The summed E-state index contributed by atoms with van der Waals surface area (Å²) >= 11 is 1.20. The van der Waals surface area contributed by atoms with E-state index in [1.165, 1.54) is 11.3 Å². The number of anilines is 1. The van der Waals surface area contributed by atoms with Gasteiger partial charge in [0.1, 0.15) is 9.88 Å². The maximum Gasteiger partial charge on any atom is 0.350 e. The zero-order valence-corrected chi connectivity index (χ0v) is 16.1. The molecule has 0 spiro atoms. The smallest absolute Gasteiger partial charge is 0.350 e. The number of carbonyl (C=O) groups is 2. The second kappa shape index (κ2) is 8.09. The van der Waals surface area contributed by atoms with Crippen molar-refractivity contribution < 1.29 is 14.3 Å². The number of aryl methyl sites for hydroxylation is 3. The number of nitrogens with zero attached hydrogens (tertiary/aromatic N) is 2. The minimum absolute atomic E-state index is 0.358. The molecule has 0 fully saturated rings. The molecule has 3 rings (SSSR count). The molecule has 3 aromatic rings. The van der Waals surface area contributed by atoms with Crippen LogP contribution in [0.15, 0.2) is 42.6 Å². The van der Waals surface area contributed by atoms with E-state index in [0.29, 0.717) is 21.3 Å². The number of ether oxygens (including phenoxy) is 1. The van der Waals surface area contributed by atoms with Crippen molar-refractivity contribution >= 4 is 28.9 Å². The molecule has 0 atom stereocenters. The zero-order valence-electron chi connectivity index (χ0n) is 15.3. The molecule has 27 heavy (non-hydrogen) atoms. The summed E-state index contributed by atoms with van der Waals surface area (Å²) in [6, 6.07) is 11.2. The van der Waals surface area contributed by atoms with Gasteiger partial charge in [-0.25, -0.2) is 9.78 Å². The number of nitrogens with one attached hydrogen (secondary N) is 1. The van der Waals surface area contributed by atoms with E-state index >= 15 is 0 Å². The molecular formula is C20H19N3O3S. The summed E-state index contributed by atoms with van der Waals surface area (Å²) in [6.07, 6.45) is 1.67. The Labute approximate surface area is 161 Å². The number of aromatic nitrogens is 2. The molecule has 138 valence electrons. The lowest BCUT2D eigenvalue weighted by Crippen LogP contribution is -2.21. The largest absolute Gasteiger partial charge is 0.451 e. The second-order valence-corrected chi connectivity index (χ2v) is 7.04. The number of thiazole rings is 1. The zero-order chi connectivity index (χ0) is 19.4. The van der Waals surface area contributed by atoms with Crippen molar-refractivity contribution in [3.05, 3.63) is 64.3 Å². The first-order chi connectivity index (χ1) is 13.0. The standard InChI is InChI=1S/C20H19N3O3S/c1-12-7-6-8-13(2)17(12)23-16(24)11-26-20(25)18-14(3)22-19(27-18)15-9-4-5-10-21-15/h4-10H,11H2,1-3H3,(H,23,24). The van der Waals surface area contributed by atoms with Crippen molar-refractivity contribution in [3.8, 4) is 10.7 Å². The number of carbonyl (C=O) groups excluding carboxylic acids is 2. The first-order valence-corrected chi connectivity index (χ1v) is 9.19. The Morgan fingerprint density at radius 2 is 1.81 bits per heavy atom. The van der Waals surface area contributed by atoms with Crippen LogP contribution in [0.1, 0.15) is 26.5 Å². The highest BCUT2D eigenvalue weighted by molar-refractivity contribution is 7.17. The molecule has 1 N–H and O–H groups in total. The first kappa shape index (κ1) is 18.7. The third-order valence-electron chi connectivity index (χ3n) is 3.95. The molecule has 0 bridgehead atoms. The van der Waals surface area contributed by atoms with Gasteiger partial charge in [0.2, 0.25) is 0 Å². The summed E-state index contributed by atoms with van der Waals surface area (Å²) in [5.41, 5.74) is 3.89. The van der Waals surface area contributed by atoms with Gasteiger partial charge in [-0.05, 0) is 44.0 Å². The third-order valence-corrected chi connectivity index (χ3v) is 5.11. The molecule has 7 heteroatoms. The van der Waals surface area contributed by atoms with E-state index in [9.17, 15) is 9.59 Å².